The van der Waals surface area contributed by atoms with E-state index in [1.807, 2.05) is 60.7 Å². The number of para-hydroxylation sites is 2. The predicted molar refractivity (Wildman–Crippen MR) is 135 cm³/mol. The van der Waals surface area contributed by atoms with Gasteiger partial charge in [-0.25, -0.2) is 9.59 Å². The van der Waals surface area contributed by atoms with Gasteiger partial charge in [-0.2, -0.15) is 0 Å². The fourth-order valence-electron chi connectivity index (χ4n) is 5.07. The Kier molecular flexibility index (Phi) is 6.14. The lowest BCUT2D eigenvalue weighted by Gasteiger charge is -2.27. The van der Waals surface area contributed by atoms with E-state index in [0.717, 1.165) is 17.2 Å². The number of carbonyl (C=O) groups excluding carboxylic acids is 2. The summed E-state index contributed by atoms with van der Waals surface area (Å²) in [6.45, 7) is -0.545. The third-order valence-corrected chi connectivity index (χ3v) is 6.74. The third-order valence-electron chi connectivity index (χ3n) is 6.74. The van der Waals surface area contributed by atoms with Crippen molar-refractivity contribution in [2.24, 2.45) is 11.8 Å². The van der Waals surface area contributed by atoms with Crippen molar-refractivity contribution in [3.05, 3.63) is 85.2 Å². The summed E-state index contributed by atoms with van der Waals surface area (Å²) < 4.78 is 22.9. The van der Waals surface area contributed by atoms with Crippen molar-refractivity contribution in [3.8, 4) is 11.5 Å². The number of esters is 2. The first kappa shape index (κ1) is 23.0. The van der Waals surface area contributed by atoms with E-state index in [2.05, 4.69) is 9.97 Å². The molecule has 4 aromatic rings. The van der Waals surface area contributed by atoms with Gasteiger partial charge >= 0.3 is 11.9 Å². The predicted octanol–water partition coefficient (Wildman–Crippen LogP) is 4.27. The van der Waals surface area contributed by atoms with Crippen LogP contribution in [0, 0.1) is 11.8 Å². The normalized spacial score (nSPS) is 21.7. The van der Waals surface area contributed by atoms with Crippen molar-refractivity contribution in [2.75, 3.05) is 13.2 Å². The second kappa shape index (κ2) is 9.89. The maximum atomic E-state index is 12.7. The summed E-state index contributed by atoms with van der Waals surface area (Å²) in [6.07, 6.45) is 7.00. The largest absolute Gasteiger partial charge is 0.480 e. The molecule has 6 rings (SSSR count). The molecule has 1 saturated carbocycles. The Morgan fingerprint density at radius 3 is 1.62 bits per heavy atom. The number of hydrogen-bond donors (Lipinski definition) is 0. The molecule has 1 fully saturated rings. The zero-order valence-corrected chi connectivity index (χ0v) is 19.9. The average molecular weight is 497 g/mol. The van der Waals surface area contributed by atoms with Crippen molar-refractivity contribution < 1.29 is 28.5 Å². The first-order chi connectivity index (χ1) is 18.2. The molecule has 2 heterocycles. The molecule has 0 saturated heterocycles. The summed E-state index contributed by atoms with van der Waals surface area (Å²) in [6, 6.07) is 18.6. The van der Waals surface area contributed by atoms with Crippen LogP contribution < -0.4 is 9.47 Å². The van der Waals surface area contributed by atoms with Crippen molar-refractivity contribution in [2.45, 2.75) is 18.6 Å². The lowest BCUT2D eigenvalue weighted by Crippen LogP contribution is -2.40. The summed E-state index contributed by atoms with van der Waals surface area (Å²) in [5, 5.41) is 1.83. The summed E-state index contributed by atoms with van der Waals surface area (Å²) >= 11 is 0. The van der Waals surface area contributed by atoms with E-state index in [0.29, 0.717) is 22.5 Å². The molecule has 2 bridgehead atoms. The van der Waals surface area contributed by atoms with Crippen LogP contribution in [0.2, 0.25) is 0 Å². The fraction of sp³-hybridized carbons (Fsp3) is 0.241. The van der Waals surface area contributed by atoms with Crippen LogP contribution >= 0.6 is 0 Å². The van der Waals surface area contributed by atoms with Crippen LogP contribution in [0.5, 0.6) is 11.5 Å². The molecular weight excluding hydrogens is 472 g/mol. The van der Waals surface area contributed by atoms with Crippen LogP contribution in [0.4, 0.5) is 0 Å². The Bertz CT molecular complexity index is 1380. The van der Waals surface area contributed by atoms with E-state index in [1.54, 1.807) is 24.5 Å². The molecule has 0 N–H and O–H groups in total. The van der Waals surface area contributed by atoms with Gasteiger partial charge in [0.05, 0.1) is 0 Å². The van der Waals surface area contributed by atoms with E-state index < -0.39 is 24.1 Å². The molecule has 186 valence electrons. The minimum Gasteiger partial charge on any atom is -0.480 e. The van der Waals surface area contributed by atoms with E-state index in [4.69, 9.17) is 18.9 Å². The van der Waals surface area contributed by atoms with Crippen LogP contribution in [0.3, 0.4) is 0 Å². The average Bonchev–Trinajstić information content (AvgIpc) is 3.53. The molecular formula is C29H24N2O6. The second-order valence-electron chi connectivity index (χ2n) is 9.10. The monoisotopic (exact) mass is 496 g/mol. The van der Waals surface area contributed by atoms with Crippen molar-refractivity contribution in [1.82, 2.24) is 9.97 Å². The van der Waals surface area contributed by atoms with Gasteiger partial charge in [0.1, 0.15) is 34.7 Å². The fourth-order valence-corrected chi connectivity index (χ4v) is 5.07. The first-order valence-corrected chi connectivity index (χ1v) is 12.2. The molecule has 0 radical (unpaired) electrons. The van der Waals surface area contributed by atoms with E-state index in [1.165, 1.54) is 0 Å². The molecule has 2 aliphatic rings. The minimum absolute atomic E-state index is 0.00541. The highest BCUT2D eigenvalue weighted by Gasteiger charge is 2.49. The Morgan fingerprint density at radius 2 is 1.14 bits per heavy atom. The van der Waals surface area contributed by atoms with Crippen LogP contribution in [0.15, 0.2) is 85.2 Å². The Morgan fingerprint density at radius 1 is 0.676 bits per heavy atom. The minimum atomic E-state index is -0.570. The van der Waals surface area contributed by atoms with Crippen LogP contribution in [0.1, 0.15) is 6.42 Å². The maximum absolute atomic E-state index is 12.7. The number of rotatable bonds is 8. The van der Waals surface area contributed by atoms with Crippen LogP contribution in [-0.4, -0.2) is 47.3 Å². The molecule has 0 amide bonds. The molecule has 4 unspecified atom stereocenters. The van der Waals surface area contributed by atoms with Crippen LogP contribution in [0.25, 0.3) is 21.8 Å². The highest BCUT2D eigenvalue weighted by molar-refractivity contribution is 5.85. The highest BCUT2D eigenvalue weighted by atomic mass is 16.6. The number of fused-ring (bicyclic) bond motifs is 4. The first-order valence-electron chi connectivity index (χ1n) is 12.2. The standard InChI is InChI=1S/C29H24N2O6/c32-24(16-34-22-9-1-5-18-7-3-13-30-26(18)22)36-28-20-11-12-21(15-20)29(28)37-25(33)17-35-23-10-2-6-19-8-4-14-31-27(19)23/h1-14,20-21,28-29H,15-17H2. The molecule has 8 nitrogen and oxygen atoms in total. The lowest BCUT2D eigenvalue weighted by atomic mass is 10.0. The van der Waals surface area contributed by atoms with Crippen molar-refractivity contribution in [1.29, 1.82) is 0 Å². The van der Waals surface area contributed by atoms with Crippen molar-refractivity contribution >= 4 is 33.7 Å². The number of hydrogen-bond acceptors (Lipinski definition) is 8. The molecule has 4 atom stereocenters. The van der Waals surface area contributed by atoms with Crippen molar-refractivity contribution in [3.63, 3.8) is 0 Å². The second-order valence-corrected chi connectivity index (χ2v) is 9.10. The van der Waals surface area contributed by atoms with E-state index in [9.17, 15) is 9.59 Å². The number of benzene rings is 2. The Hall–Kier alpha value is -4.46. The van der Waals surface area contributed by atoms with Gasteiger partial charge in [0.25, 0.3) is 0 Å². The van der Waals surface area contributed by atoms with Gasteiger partial charge in [0, 0.05) is 35.0 Å². The van der Waals surface area contributed by atoms with Gasteiger partial charge in [0.2, 0.25) is 0 Å². The number of nitrogens with zero attached hydrogens (tertiary/aromatic N) is 2. The van der Waals surface area contributed by atoms with E-state index in [-0.39, 0.29) is 25.0 Å². The Balaban J connectivity index is 1.07. The van der Waals surface area contributed by atoms with Gasteiger partial charge in [-0.05, 0) is 30.7 Å². The summed E-state index contributed by atoms with van der Waals surface area (Å²) in [7, 11) is 0. The Labute approximate surface area is 212 Å². The maximum Gasteiger partial charge on any atom is 0.344 e. The lowest BCUT2D eigenvalue weighted by molar-refractivity contribution is -0.171. The molecule has 0 aliphatic heterocycles. The van der Waals surface area contributed by atoms with Gasteiger partial charge in [-0.15, -0.1) is 0 Å². The number of carbonyl (C=O) groups is 2. The van der Waals surface area contributed by atoms with Gasteiger partial charge < -0.3 is 18.9 Å². The molecule has 2 aromatic heterocycles. The molecule has 8 heteroatoms. The zero-order chi connectivity index (χ0) is 25.2. The van der Waals surface area contributed by atoms with Crippen LogP contribution in [-0.2, 0) is 19.1 Å². The molecule has 0 spiro atoms. The zero-order valence-electron chi connectivity index (χ0n) is 19.9. The molecule has 2 aliphatic carbocycles. The highest BCUT2D eigenvalue weighted by Crippen LogP contribution is 2.43. The number of ether oxygens (including phenoxy) is 4. The summed E-state index contributed by atoms with van der Waals surface area (Å²) in [5.41, 5.74) is 1.35. The number of aromatic nitrogens is 2. The number of pyridine rings is 2. The van der Waals surface area contributed by atoms with Gasteiger partial charge in [-0.3, -0.25) is 9.97 Å². The van der Waals surface area contributed by atoms with Gasteiger partial charge in [0.15, 0.2) is 13.2 Å². The summed E-state index contributed by atoms with van der Waals surface area (Å²) in [5.74, 6) is -0.0591. The molecule has 37 heavy (non-hydrogen) atoms. The van der Waals surface area contributed by atoms with Gasteiger partial charge in [-0.1, -0.05) is 48.6 Å². The SMILES string of the molecule is O=C(COc1cccc2cccnc12)OC1C2C=CC(C2)C1OC(=O)COc1cccc2cccnc12. The quantitative estimate of drug-likeness (QED) is 0.264. The smallest absolute Gasteiger partial charge is 0.344 e. The summed E-state index contributed by atoms with van der Waals surface area (Å²) in [4.78, 5) is 34.0. The third kappa shape index (κ3) is 4.70. The topological polar surface area (TPSA) is 96.8 Å². The van der Waals surface area contributed by atoms with E-state index >= 15 is 0 Å². The molecule has 2 aromatic carbocycles.